The second-order valence-electron chi connectivity index (χ2n) is 3.48. The molecule has 0 bridgehead atoms. The third-order valence-corrected chi connectivity index (χ3v) is 2.32. The molecule has 5 heteroatoms. The lowest BCUT2D eigenvalue weighted by atomic mass is 10.2. The second kappa shape index (κ2) is 3.86. The molecule has 2 unspecified atom stereocenters. The minimum atomic E-state index is -0.729. The van der Waals surface area contributed by atoms with Crippen LogP contribution >= 0.6 is 0 Å². The standard InChI is InChI=1S/C9H11F2N3/c10-6-1-2-8(3-6)14-9-12-4-7(11)5-13-9/h4-6,8H,1-3H2,(H,12,13,14). The summed E-state index contributed by atoms with van der Waals surface area (Å²) in [6, 6.07) is 0.0791. The lowest BCUT2D eigenvalue weighted by molar-refractivity contribution is 0.340. The van der Waals surface area contributed by atoms with Crippen molar-refractivity contribution in [2.45, 2.75) is 31.5 Å². The van der Waals surface area contributed by atoms with E-state index < -0.39 is 12.0 Å². The summed E-state index contributed by atoms with van der Waals surface area (Å²) < 4.78 is 25.2. The highest BCUT2D eigenvalue weighted by atomic mass is 19.1. The molecule has 0 saturated heterocycles. The average Bonchev–Trinajstić information content (AvgIpc) is 2.56. The summed E-state index contributed by atoms with van der Waals surface area (Å²) in [5.74, 6) is -0.101. The van der Waals surface area contributed by atoms with Crippen molar-refractivity contribution in [3.8, 4) is 0 Å². The van der Waals surface area contributed by atoms with Gasteiger partial charge >= 0.3 is 0 Å². The first kappa shape index (κ1) is 9.30. The molecule has 1 heterocycles. The number of alkyl halides is 1. The van der Waals surface area contributed by atoms with E-state index in [0.29, 0.717) is 18.8 Å². The predicted octanol–water partition coefficient (Wildman–Crippen LogP) is 1.92. The molecule has 0 spiro atoms. The Morgan fingerprint density at radius 2 is 2.00 bits per heavy atom. The number of hydrogen-bond acceptors (Lipinski definition) is 3. The molecule has 0 aliphatic heterocycles. The van der Waals surface area contributed by atoms with Gasteiger partial charge in [0.2, 0.25) is 5.95 Å². The largest absolute Gasteiger partial charge is 0.351 e. The molecular weight excluding hydrogens is 188 g/mol. The third kappa shape index (κ3) is 2.16. The fourth-order valence-corrected chi connectivity index (χ4v) is 1.63. The first-order valence-electron chi connectivity index (χ1n) is 4.62. The van der Waals surface area contributed by atoms with Crippen LogP contribution in [0.25, 0.3) is 0 Å². The zero-order chi connectivity index (χ0) is 9.97. The molecule has 1 saturated carbocycles. The zero-order valence-corrected chi connectivity index (χ0v) is 7.58. The van der Waals surface area contributed by atoms with Gasteiger partial charge in [0.05, 0.1) is 12.4 Å². The molecule has 0 amide bonds. The molecule has 2 atom stereocenters. The van der Waals surface area contributed by atoms with Gasteiger partial charge in [-0.05, 0) is 19.3 Å². The van der Waals surface area contributed by atoms with Crippen molar-refractivity contribution in [1.82, 2.24) is 9.97 Å². The Balaban J connectivity index is 1.94. The maximum atomic E-state index is 12.8. The van der Waals surface area contributed by atoms with E-state index in [1.54, 1.807) is 0 Å². The van der Waals surface area contributed by atoms with Gasteiger partial charge < -0.3 is 5.32 Å². The average molecular weight is 199 g/mol. The molecular formula is C9H11F2N3. The minimum Gasteiger partial charge on any atom is -0.351 e. The van der Waals surface area contributed by atoms with Crippen LogP contribution in [0, 0.1) is 5.82 Å². The van der Waals surface area contributed by atoms with Gasteiger partial charge in [-0.3, -0.25) is 0 Å². The van der Waals surface area contributed by atoms with Gasteiger partial charge in [-0.1, -0.05) is 0 Å². The molecule has 76 valence electrons. The number of aromatic nitrogens is 2. The molecule has 1 aromatic heterocycles. The van der Waals surface area contributed by atoms with E-state index in [4.69, 9.17) is 0 Å². The minimum absolute atomic E-state index is 0.0791. The smallest absolute Gasteiger partial charge is 0.222 e. The number of nitrogens with one attached hydrogen (secondary N) is 1. The summed E-state index contributed by atoms with van der Waals surface area (Å²) in [4.78, 5) is 7.49. The Labute approximate surface area is 80.6 Å². The molecule has 14 heavy (non-hydrogen) atoms. The Bertz CT molecular complexity index is 301. The molecule has 0 radical (unpaired) electrons. The van der Waals surface area contributed by atoms with E-state index in [-0.39, 0.29) is 6.04 Å². The highest BCUT2D eigenvalue weighted by Gasteiger charge is 2.24. The Hall–Kier alpha value is -1.26. The van der Waals surface area contributed by atoms with E-state index in [9.17, 15) is 8.78 Å². The van der Waals surface area contributed by atoms with Gasteiger partial charge in [-0.25, -0.2) is 18.7 Å². The van der Waals surface area contributed by atoms with Crippen molar-refractivity contribution < 1.29 is 8.78 Å². The van der Waals surface area contributed by atoms with Gasteiger partial charge in [-0.15, -0.1) is 0 Å². The first-order chi connectivity index (χ1) is 6.74. The van der Waals surface area contributed by atoms with Crippen LogP contribution in [0.3, 0.4) is 0 Å². The molecule has 2 rings (SSSR count). The van der Waals surface area contributed by atoms with Crippen molar-refractivity contribution in [2.24, 2.45) is 0 Å². The summed E-state index contributed by atoms with van der Waals surface area (Å²) in [6.07, 6.45) is 3.31. The Morgan fingerprint density at radius 1 is 1.29 bits per heavy atom. The Kier molecular flexibility index (Phi) is 2.56. The molecule has 1 aliphatic rings. The van der Waals surface area contributed by atoms with Crippen molar-refractivity contribution in [2.75, 3.05) is 5.32 Å². The number of anilines is 1. The summed E-state index contributed by atoms with van der Waals surface area (Å²) in [5.41, 5.74) is 0. The summed E-state index contributed by atoms with van der Waals surface area (Å²) >= 11 is 0. The van der Waals surface area contributed by atoms with E-state index in [0.717, 1.165) is 18.8 Å². The molecule has 1 N–H and O–H groups in total. The van der Waals surface area contributed by atoms with Gasteiger partial charge in [0.25, 0.3) is 0 Å². The Morgan fingerprint density at radius 3 is 2.57 bits per heavy atom. The lowest BCUT2D eigenvalue weighted by Crippen LogP contribution is -2.17. The first-order valence-corrected chi connectivity index (χ1v) is 4.62. The second-order valence-corrected chi connectivity index (χ2v) is 3.48. The van der Waals surface area contributed by atoms with E-state index in [2.05, 4.69) is 15.3 Å². The normalized spacial score (nSPS) is 26.4. The van der Waals surface area contributed by atoms with E-state index in [1.165, 1.54) is 0 Å². The van der Waals surface area contributed by atoms with Crippen molar-refractivity contribution in [3.63, 3.8) is 0 Å². The maximum absolute atomic E-state index is 12.8. The van der Waals surface area contributed by atoms with Crippen LogP contribution in [0.4, 0.5) is 14.7 Å². The van der Waals surface area contributed by atoms with Crippen LogP contribution in [-0.2, 0) is 0 Å². The summed E-state index contributed by atoms with van der Waals surface area (Å²) in [6.45, 7) is 0. The molecule has 1 aliphatic carbocycles. The van der Waals surface area contributed by atoms with Crippen LogP contribution in [0.2, 0.25) is 0 Å². The molecule has 3 nitrogen and oxygen atoms in total. The molecule has 1 fully saturated rings. The van der Waals surface area contributed by atoms with Gasteiger partial charge in [0.1, 0.15) is 6.17 Å². The maximum Gasteiger partial charge on any atom is 0.222 e. The number of halogens is 2. The monoisotopic (exact) mass is 199 g/mol. The van der Waals surface area contributed by atoms with Crippen LogP contribution in [0.1, 0.15) is 19.3 Å². The topological polar surface area (TPSA) is 37.8 Å². The van der Waals surface area contributed by atoms with Crippen molar-refractivity contribution in [3.05, 3.63) is 18.2 Å². The van der Waals surface area contributed by atoms with Crippen LogP contribution in [0.15, 0.2) is 12.4 Å². The van der Waals surface area contributed by atoms with Crippen LogP contribution in [-0.4, -0.2) is 22.2 Å². The number of hydrogen-bond donors (Lipinski definition) is 1. The fraction of sp³-hybridized carbons (Fsp3) is 0.556. The molecule has 0 aromatic carbocycles. The van der Waals surface area contributed by atoms with Crippen LogP contribution < -0.4 is 5.32 Å². The lowest BCUT2D eigenvalue weighted by Gasteiger charge is -2.10. The summed E-state index contributed by atoms with van der Waals surface area (Å²) in [7, 11) is 0. The number of rotatable bonds is 2. The zero-order valence-electron chi connectivity index (χ0n) is 7.58. The third-order valence-electron chi connectivity index (χ3n) is 2.32. The summed E-state index contributed by atoms with van der Waals surface area (Å²) in [5, 5.41) is 2.97. The van der Waals surface area contributed by atoms with Crippen LogP contribution in [0.5, 0.6) is 0 Å². The van der Waals surface area contributed by atoms with Gasteiger partial charge in [-0.2, -0.15) is 0 Å². The SMILES string of the molecule is Fc1cnc(NC2CCC(F)C2)nc1. The highest BCUT2D eigenvalue weighted by molar-refractivity contribution is 5.25. The van der Waals surface area contributed by atoms with Crippen molar-refractivity contribution in [1.29, 1.82) is 0 Å². The highest BCUT2D eigenvalue weighted by Crippen LogP contribution is 2.23. The van der Waals surface area contributed by atoms with Gasteiger partial charge in [0, 0.05) is 6.04 Å². The predicted molar refractivity (Wildman–Crippen MR) is 48.1 cm³/mol. The fourth-order valence-electron chi connectivity index (χ4n) is 1.63. The number of nitrogens with zero attached hydrogens (tertiary/aromatic N) is 2. The molecule has 1 aromatic rings. The quantitative estimate of drug-likeness (QED) is 0.790. The van der Waals surface area contributed by atoms with E-state index in [1.807, 2.05) is 0 Å². The van der Waals surface area contributed by atoms with E-state index >= 15 is 0 Å². The van der Waals surface area contributed by atoms with Gasteiger partial charge in [0.15, 0.2) is 5.82 Å². The van der Waals surface area contributed by atoms with Crippen molar-refractivity contribution >= 4 is 5.95 Å².